The Labute approximate surface area is 140 Å². The SMILES string of the molecule is N#Cc1cccc(OCc2nnnn2-c2ccc(C(F)(F)F)cc2)c1. The molecule has 0 aliphatic heterocycles. The largest absolute Gasteiger partial charge is 0.485 e. The number of rotatable bonds is 4. The molecule has 1 aromatic heterocycles. The monoisotopic (exact) mass is 345 g/mol. The Hall–Kier alpha value is -3.41. The zero-order chi connectivity index (χ0) is 17.9. The van der Waals surface area contributed by atoms with E-state index in [0.717, 1.165) is 12.1 Å². The van der Waals surface area contributed by atoms with Gasteiger partial charge in [-0.05, 0) is 52.9 Å². The van der Waals surface area contributed by atoms with Crippen LogP contribution in [-0.4, -0.2) is 20.2 Å². The highest BCUT2D eigenvalue weighted by Crippen LogP contribution is 2.29. The summed E-state index contributed by atoms with van der Waals surface area (Å²) in [5.41, 5.74) is 0.0673. The van der Waals surface area contributed by atoms with Gasteiger partial charge in [-0.15, -0.1) is 5.10 Å². The average molecular weight is 345 g/mol. The molecule has 25 heavy (non-hydrogen) atoms. The van der Waals surface area contributed by atoms with Gasteiger partial charge in [0, 0.05) is 0 Å². The molecule has 0 saturated carbocycles. The summed E-state index contributed by atoms with van der Waals surface area (Å²) in [4.78, 5) is 0. The summed E-state index contributed by atoms with van der Waals surface area (Å²) < 4.78 is 44.7. The number of nitrogens with zero attached hydrogens (tertiary/aromatic N) is 5. The smallest absolute Gasteiger partial charge is 0.416 e. The molecule has 0 spiro atoms. The summed E-state index contributed by atoms with van der Waals surface area (Å²) in [5.74, 6) is 0.767. The van der Waals surface area contributed by atoms with Crippen LogP contribution in [0.1, 0.15) is 17.0 Å². The highest BCUT2D eigenvalue weighted by Gasteiger charge is 2.30. The molecule has 0 saturated heterocycles. The number of aromatic nitrogens is 4. The first-order valence-corrected chi connectivity index (χ1v) is 7.05. The van der Waals surface area contributed by atoms with E-state index in [9.17, 15) is 13.2 Å². The van der Waals surface area contributed by atoms with Gasteiger partial charge in [-0.2, -0.15) is 23.1 Å². The van der Waals surface area contributed by atoms with Crippen LogP contribution in [0.25, 0.3) is 5.69 Å². The Kier molecular flexibility index (Phi) is 4.35. The molecule has 3 rings (SSSR count). The molecule has 0 aliphatic carbocycles. The normalized spacial score (nSPS) is 11.1. The van der Waals surface area contributed by atoms with E-state index in [0.29, 0.717) is 22.8 Å². The fourth-order valence-electron chi connectivity index (χ4n) is 2.09. The minimum atomic E-state index is -4.41. The van der Waals surface area contributed by atoms with Gasteiger partial charge >= 0.3 is 6.18 Å². The highest BCUT2D eigenvalue weighted by molar-refractivity contribution is 5.37. The van der Waals surface area contributed by atoms with Crippen LogP contribution in [-0.2, 0) is 12.8 Å². The summed E-state index contributed by atoms with van der Waals surface area (Å²) in [6.45, 7) is -0.0110. The molecule has 0 radical (unpaired) electrons. The minimum Gasteiger partial charge on any atom is -0.485 e. The molecule has 0 aliphatic rings. The predicted octanol–water partition coefficient (Wildman–Crippen LogP) is 3.13. The third kappa shape index (κ3) is 3.74. The molecule has 6 nitrogen and oxygen atoms in total. The maximum absolute atomic E-state index is 12.6. The van der Waals surface area contributed by atoms with E-state index in [2.05, 4.69) is 15.5 Å². The lowest BCUT2D eigenvalue weighted by Gasteiger charge is -2.09. The highest BCUT2D eigenvalue weighted by atomic mass is 19.4. The van der Waals surface area contributed by atoms with Crippen molar-refractivity contribution >= 4 is 0 Å². The van der Waals surface area contributed by atoms with Crippen molar-refractivity contribution in [3.05, 3.63) is 65.5 Å². The molecule has 0 bridgehead atoms. The van der Waals surface area contributed by atoms with Gasteiger partial charge < -0.3 is 4.74 Å². The van der Waals surface area contributed by atoms with Crippen LogP contribution >= 0.6 is 0 Å². The molecule has 126 valence electrons. The van der Waals surface area contributed by atoms with Gasteiger partial charge in [-0.25, -0.2) is 0 Å². The van der Waals surface area contributed by atoms with E-state index in [1.807, 2.05) is 6.07 Å². The second kappa shape index (κ2) is 6.60. The number of hydrogen-bond acceptors (Lipinski definition) is 5. The van der Waals surface area contributed by atoms with Gasteiger partial charge in [-0.3, -0.25) is 0 Å². The summed E-state index contributed by atoms with van der Waals surface area (Å²) in [6.07, 6.45) is -4.41. The van der Waals surface area contributed by atoms with E-state index >= 15 is 0 Å². The molecule has 1 heterocycles. The number of hydrogen-bond donors (Lipinski definition) is 0. The third-order valence-electron chi connectivity index (χ3n) is 3.30. The molecule has 3 aromatic rings. The maximum Gasteiger partial charge on any atom is 0.416 e. The number of ether oxygens (including phenoxy) is 1. The van der Waals surface area contributed by atoms with Gasteiger partial charge in [-0.1, -0.05) is 6.07 Å². The molecule has 0 amide bonds. The molecule has 9 heteroatoms. The van der Waals surface area contributed by atoms with Crippen LogP contribution in [0, 0.1) is 11.3 Å². The fraction of sp³-hybridized carbons (Fsp3) is 0.125. The Morgan fingerprint density at radius 1 is 1.12 bits per heavy atom. The number of benzene rings is 2. The molecular weight excluding hydrogens is 335 g/mol. The standard InChI is InChI=1S/C16H10F3N5O/c17-16(18,19)12-4-6-13(7-5-12)24-15(21-22-23-24)10-25-14-3-1-2-11(8-14)9-20/h1-8H,10H2. The zero-order valence-corrected chi connectivity index (χ0v) is 12.6. The van der Waals surface area contributed by atoms with Crippen LogP contribution in [0.5, 0.6) is 5.75 Å². The first kappa shape index (κ1) is 16.4. The minimum absolute atomic E-state index is 0.0110. The third-order valence-corrected chi connectivity index (χ3v) is 3.30. The van der Waals surface area contributed by atoms with Crippen molar-refractivity contribution in [2.75, 3.05) is 0 Å². The van der Waals surface area contributed by atoms with Gasteiger partial charge in [0.15, 0.2) is 5.82 Å². The quantitative estimate of drug-likeness (QED) is 0.726. The summed E-state index contributed by atoms with van der Waals surface area (Å²) in [7, 11) is 0. The maximum atomic E-state index is 12.6. The fourth-order valence-corrected chi connectivity index (χ4v) is 2.09. The van der Waals surface area contributed by atoms with E-state index in [1.165, 1.54) is 16.8 Å². The lowest BCUT2D eigenvalue weighted by molar-refractivity contribution is -0.137. The Bertz CT molecular complexity index is 913. The topological polar surface area (TPSA) is 76.6 Å². The van der Waals surface area contributed by atoms with Crippen LogP contribution in [0.2, 0.25) is 0 Å². The number of nitriles is 1. The van der Waals surface area contributed by atoms with Crippen LogP contribution < -0.4 is 4.74 Å². The molecule has 0 fully saturated rings. The van der Waals surface area contributed by atoms with Crippen molar-refractivity contribution in [1.29, 1.82) is 5.26 Å². The summed E-state index contributed by atoms with van der Waals surface area (Å²) in [5, 5.41) is 20.0. The molecule has 0 N–H and O–H groups in total. The Morgan fingerprint density at radius 3 is 2.56 bits per heavy atom. The zero-order valence-electron chi connectivity index (χ0n) is 12.6. The van der Waals surface area contributed by atoms with Crippen molar-refractivity contribution in [2.45, 2.75) is 12.8 Å². The number of alkyl halides is 3. The van der Waals surface area contributed by atoms with Crippen molar-refractivity contribution in [1.82, 2.24) is 20.2 Å². The van der Waals surface area contributed by atoms with Crippen molar-refractivity contribution in [3.63, 3.8) is 0 Å². The van der Waals surface area contributed by atoms with Crippen molar-refractivity contribution < 1.29 is 17.9 Å². The van der Waals surface area contributed by atoms with E-state index in [1.54, 1.807) is 24.3 Å². The second-order valence-corrected chi connectivity index (χ2v) is 4.98. The van der Waals surface area contributed by atoms with Crippen molar-refractivity contribution in [3.8, 4) is 17.5 Å². The summed E-state index contributed by atoms with van der Waals surface area (Å²) >= 11 is 0. The van der Waals surface area contributed by atoms with Gasteiger partial charge in [0.1, 0.15) is 12.4 Å². The van der Waals surface area contributed by atoms with Gasteiger partial charge in [0.25, 0.3) is 0 Å². The van der Waals surface area contributed by atoms with E-state index in [4.69, 9.17) is 10.00 Å². The first-order valence-electron chi connectivity index (χ1n) is 7.05. The first-order chi connectivity index (χ1) is 12.0. The van der Waals surface area contributed by atoms with Crippen molar-refractivity contribution in [2.24, 2.45) is 0 Å². The molecule has 0 atom stereocenters. The number of tetrazole rings is 1. The van der Waals surface area contributed by atoms with Crippen LogP contribution in [0.15, 0.2) is 48.5 Å². The van der Waals surface area contributed by atoms with Gasteiger partial charge in [0.2, 0.25) is 0 Å². The lowest BCUT2D eigenvalue weighted by atomic mass is 10.2. The number of halogens is 3. The predicted molar refractivity (Wildman–Crippen MR) is 79.6 cm³/mol. The summed E-state index contributed by atoms with van der Waals surface area (Å²) in [6, 6.07) is 13.0. The lowest BCUT2D eigenvalue weighted by Crippen LogP contribution is -2.08. The Morgan fingerprint density at radius 2 is 1.88 bits per heavy atom. The average Bonchev–Trinajstić information content (AvgIpc) is 3.08. The second-order valence-electron chi connectivity index (χ2n) is 4.98. The van der Waals surface area contributed by atoms with Crippen LogP contribution in [0.3, 0.4) is 0 Å². The Balaban J connectivity index is 1.77. The van der Waals surface area contributed by atoms with E-state index in [-0.39, 0.29) is 6.61 Å². The van der Waals surface area contributed by atoms with Gasteiger partial charge in [0.05, 0.1) is 22.9 Å². The molecular formula is C16H10F3N5O. The van der Waals surface area contributed by atoms with Crippen LogP contribution in [0.4, 0.5) is 13.2 Å². The van der Waals surface area contributed by atoms with E-state index < -0.39 is 11.7 Å². The molecule has 0 unspecified atom stereocenters. The molecule has 2 aromatic carbocycles.